The summed E-state index contributed by atoms with van der Waals surface area (Å²) in [7, 11) is 0. The Morgan fingerprint density at radius 1 is 0.436 bits per heavy atom. The highest BCUT2D eigenvalue weighted by Crippen LogP contribution is 2.58. The van der Waals surface area contributed by atoms with Gasteiger partial charge in [-0.05, 0) is 67.1 Å². The van der Waals surface area contributed by atoms with E-state index >= 15 is 0 Å². The number of fused-ring (bicyclic) bond motifs is 18. The Kier molecular flexibility index (Phi) is 22.1. The van der Waals surface area contributed by atoms with Crippen LogP contribution in [0.4, 0.5) is 0 Å². The number of hydrogen-bond acceptors (Lipinski definition) is 36. The van der Waals surface area contributed by atoms with Gasteiger partial charge in [0.2, 0.25) is 0 Å². The maximum atomic E-state index is 12.4. The summed E-state index contributed by atoms with van der Waals surface area (Å²) in [4.78, 5) is 135. The van der Waals surface area contributed by atoms with E-state index in [9.17, 15) is 73.8 Å². The molecule has 0 radical (unpaired) electrons. The monoisotopic (exact) mass is 1650 g/mol. The highest BCUT2D eigenvalue weighted by Gasteiger charge is 2.70. The molecule has 4 bridgehead atoms. The molecule has 8 saturated heterocycles. The van der Waals surface area contributed by atoms with E-state index in [-0.39, 0.29) is 57.0 Å². The third kappa shape index (κ3) is 14.3. The summed E-state index contributed by atoms with van der Waals surface area (Å²) in [5.41, 5.74) is 21.8. The van der Waals surface area contributed by atoms with Gasteiger partial charge in [-0.3, -0.25) is 48.0 Å². The molecule has 3 aliphatic carbocycles. The van der Waals surface area contributed by atoms with Gasteiger partial charge in [-0.25, -0.2) is 37.9 Å². The van der Waals surface area contributed by atoms with Gasteiger partial charge in [-0.2, -0.15) is 4.98 Å². The fourth-order valence-corrected chi connectivity index (χ4v) is 17.4. The van der Waals surface area contributed by atoms with Crippen LogP contribution in [0.3, 0.4) is 0 Å². The summed E-state index contributed by atoms with van der Waals surface area (Å²) in [6.45, 7) is -0.578. The lowest BCUT2D eigenvalue weighted by Gasteiger charge is -2.33. The second-order valence-corrected chi connectivity index (χ2v) is 30.0. The fraction of sp³-hybridized carbons (Fsp3) is 0.719. The average molecular weight is 1650 g/mol. The highest BCUT2D eigenvalue weighted by molar-refractivity contribution is 5.19. The largest absolute Gasteiger partial charge is 0.461 e. The number of hydrogen-bond donors (Lipinski definition) is 10. The molecular weight excluding hydrogens is 1570 g/mol. The zero-order valence-electron chi connectivity index (χ0n) is 61.7. The summed E-state index contributed by atoms with van der Waals surface area (Å²) in [6, 6.07) is 3.34. The van der Waals surface area contributed by atoms with Crippen molar-refractivity contribution in [1.29, 1.82) is 0 Å². The van der Waals surface area contributed by atoms with Crippen molar-refractivity contribution in [3.63, 3.8) is 0 Å². The molecule has 20 atom stereocenters. The molecule has 3 saturated carbocycles. The number of nitrogens with zero attached hydrogens (tertiary/aromatic N) is 20. The van der Waals surface area contributed by atoms with E-state index in [0.29, 0.717) is 19.3 Å². The second kappa shape index (κ2) is 31.7. The zero-order valence-corrected chi connectivity index (χ0v) is 61.7. The topological polar surface area (TPSA) is 726 Å². The Hall–Kier alpha value is -10.6. The molecule has 10 N–H and O–H groups in total. The maximum Gasteiger partial charge on any atom is 0.353 e. The van der Waals surface area contributed by atoms with Gasteiger partial charge in [-0.15, -0.1) is 9.97 Å². The minimum absolute atomic E-state index is 0.0292. The molecule has 19 rings (SSSR count). The van der Waals surface area contributed by atoms with Gasteiger partial charge in [0.25, 0.3) is 16.7 Å². The SMILES string of the molecule is CC[C@]12COc3nc(=O)[nH]c(=O)n3[C@H](O1)[C@@H]1OC3(CCCC3)O[C@@H]12.[N-]=[N+]=NC[C@]1(CO)O[C@@H](n2ccc(=O)[nH]c2=O)[C@@H]2OC3(CCCC3)O[C@@H]21.[N-]=[N+]=NC[C@]1(CO)O[C@@H](n2ccc(=O)[nH]c2=O)[C@H](O)[C@@H]1O.[N-]=[N+]=NC[C@]1(CO)O[C@@H]2[C@@H](Oc3nc(=O)ccn32)[C@@H]1O.[N-]=[N+]=NC[C@]12COc3nc(=O)[nH]c(=O)n3[C@H](O1)[C@@H]1OC3(CCCC3)O[C@@H]12. The summed E-state index contributed by atoms with van der Waals surface area (Å²) in [5, 5.41) is 72.9. The Morgan fingerprint density at radius 3 is 1.32 bits per heavy atom. The first kappa shape index (κ1) is 81.6. The molecule has 0 amide bonds. The van der Waals surface area contributed by atoms with Crippen molar-refractivity contribution in [2.24, 2.45) is 20.5 Å². The van der Waals surface area contributed by atoms with Crippen LogP contribution in [0, 0.1) is 0 Å². The Balaban J connectivity index is 0.000000115. The average Bonchev–Trinajstić information content (AvgIpc) is 1.55. The Bertz CT molecular complexity index is 5380. The number of azide groups is 4. The highest BCUT2D eigenvalue weighted by atomic mass is 16.8. The molecule has 5 aromatic rings. The van der Waals surface area contributed by atoms with E-state index in [1.807, 2.05) is 11.9 Å². The van der Waals surface area contributed by atoms with Crippen LogP contribution in [0.2, 0.25) is 0 Å². The summed E-state index contributed by atoms with van der Waals surface area (Å²) < 4.78 is 89.2. The van der Waals surface area contributed by atoms with E-state index in [1.165, 1.54) is 38.2 Å². The lowest BCUT2D eigenvalue weighted by Crippen LogP contribution is -2.51. The smallest absolute Gasteiger partial charge is 0.353 e. The normalized spacial score (nSPS) is 35.2. The number of aliphatic hydroxyl groups excluding tert-OH is 6. The van der Waals surface area contributed by atoms with Crippen LogP contribution in [0.25, 0.3) is 41.8 Å². The van der Waals surface area contributed by atoms with Crippen LogP contribution in [0.15, 0.2) is 100 Å². The molecule has 16 heterocycles. The molecule has 53 heteroatoms. The maximum absolute atomic E-state index is 12.4. The van der Waals surface area contributed by atoms with Crippen molar-refractivity contribution in [2.75, 3.05) is 59.2 Å². The third-order valence-electron chi connectivity index (χ3n) is 23.2. The lowest BCUT2D eigenvalue weighted by molar-refractivity contribution is -0.237. The van der Waals surface area contributed by atoms with Crippen molar-refractivity contribution < 1.29 is 97.0 Å². The summed E-state index contributed by atoms with van der Waals surface area (Å²) >= 11 is 0. The van der Waals surface area contributed by atoms with Crippen LogP contribution in [-0.2, 0) is 52.1 Å². The predicted molar refractivity (Wildman–Crippen MR) is 378 cm³/mol. The van der Waals surface area contributed by atoms with Gasteiger partial charge >= 0.3 is 52.2 Å². The first-order valence-corrected chi connectivity index (χ1v) is 37.2. The van der Waals surface area contributed by atoms with Gasteiger partial charge in [0.15, 0.2) is 54.6 Å². The molecular formula is C64H78N24O29. The van der Waals surface area contributed by atoms with Gasteiger partial charge in [-0.1, -0.05) is 27.4 Å². The standard InChI is InChI=1S/C15H19N5O6.C15H19N3O6.C14H16N6O6.C10H13N5O6.C10H11N5O5/c16-19-17-7-14(8-21)11-10(24-15(25-11)4-1-2-5-15)12(26-14)20-6-3-9(22)18-13(20)23;1-2-14-7-21-13-17-11(19)16-12(20)18(13)10(24-14)8-9(14)23-15(22-8)5-3-4-6-15;15-19-16-5-13-6-23-12-18-10(21)17-11(22)20(12)9(26-13)7-8(13)25-14(24-7)3-1-2-4-14;11-14-12-3-10(4-16)7(19)6(18)8(21-10)15-2-1-5(17)13-9(15)20;11-14-12-3-10(4-16)7(18)6-8(20-10)15-2-1-5(17)13-9(15)19-6/h3,6,10-12,21H,1-2,4-5,7-8H2,(H,18,22,23);8-10H,2-7H2,1H3,(H,16,19,20);7-9H,1-6H2,(H,17,21,22);1-2,6-8,16,18-19H,3-4H2,(H,13,17,20);1-2,6-8,16,18H,3-4H2/t10-,11+,12-,14-;8-,9+,10-,14-;7-,8+,9-,13-;6-,7+,8-,10-;6-,7-,8+,10+/m11110/s1. The predicted octanol–water partition coefficient (Wildman–Crippen LogP) is -3.06. The van der Waals surface area contributed by atoms with E-state index in [4.69, 9.17) is 88.4 Å². The van der Waals surface area contributed by atoms with Crippen LogP contribution in [-0.4, -0.2) is 254 Å². The molecule has 5 aromatic heterocycles. The number of nitrogens with one attached hydrogen (secondary N) is 4. The van der Waals surface area contributed by atoms with Crippen LogP contribution >= 0.6 is 0 Å². The molecule has 14 aliphatic rings. The molecule has 11 fully saturated rings. The number of aliphatic hydroxyl groups is 6. The minimum Gasteiger partial charge on any atom is -0.461 e. The molecule has 0 aromatic carbocycles. The Morgan fingerprint density at radius 2 is 0.838 bits per heavy atom. The Labute approximate surface area is 650 Å². The number of ether oxygens (including phenoxy) is 14. The molecule has 53 nitrogen and oxygen atoms in total. The number of aromatic amines is 4. The van der Waals surface area contributed by atoms with Crippen molar-refractivity contribution in [2.45, 2.75) is 228 Å². The first-order valence-electron chi connectivity index (χ1n) is 37.2. The molecule has 117 heavy (non-hydrogen) atoms. The van der Waals surface area contributed by atoms with Gasteiger partial charge < -0.3 is 97.0 Å². The number of H-pyrrole nitrogens is 4. The first-order chi connectivity index (χ1) is 56.2. The number of rotatable bonds is 14. The summed E-state index contributed by atoms with van der Waals surface area (Å²) in [5.74, 6) is -2.08. The van der Waals surface area contributed by atoms with Crippen molar-refractivity contribution >= 4 is 0 Å². The fourth-order valence-electron chi connectivity index (χ4n) is 17.4. The van der Waals surface area contributed by atoms with Crippen molar-refractivity contribution in [1.82, 2.24) is 57.7 Å². The van der Waals surface area contributed by atoms with Gasteiger partial charge in [0.05, 0.1) is 46.0 Å². The lowest BCUT2D eigenvalue weighted by atomic mass is 9.93. The number of aromatic nitrogens is 12. The molecule has 3 spiro atoms. The zero-order chi connectivity index (χ0) is 82.8. The van der Waals surface area contributed by atoms with E-state index in [1.54, 1.807) is 0 Å². The summed E-state index contributed by atoms with van der Waals surface area (Å²) in [6.07, 6.45) is 1.94. The van der Waals surface area contributed by atoms with Gasteiger partial charge in [0.1, 0.15) is 96.2 Å². The van der Waals surface area contributed by atoms with Crippen molar-refractivity contribution in [3.8, 4) is 18.0 Å². The second-order valence-electron chi connectivity index (χ2n) is 30.0. The van der Waals surface area contributed by atoms with Crippen LogP contribution in [0.5, 0.6) is 18.0 Å². The van der Waals surface area contributed by atoms with Crippen LogP contribution < -0.4 is 65.0 Å². The van der Waals surface area contributed by atoms with E-state index in [0.717, 1.165) is 85.6 Å². The molecule has 11 aliphatic heterocycles. The molecule has 0 unspecified atom stereocenters. The van der Waals surface area contributed by atoms with Gasteiger partial charge in [0, 0.05) is 95.0 Å². The van der Waals surface area contributed by atoms with E-state index in [2.05, 4.69) is 70.0 Å². The third-order valence-corrected chi connectivity index (χ3v) is 23.2. The molecule has 628 valence electrons. The van der Waals surface area contributed by atoms with E-state index < -0.39 is 209 Å². The van der Waals surface area contributed by atoms with Crippen molar-refractivity contribution in [3.05, 3.63) is 173 Å². The van der Waals surface area contributed by atoms with Crippen LogP contribution in [0.1, 0.15) is 122 Å². The minimum atomic E-state index is -1.73. The quantitative estimate of drug-likeness (QED) is 0.0300.